The molecule has 0 aliphatic rings. The summed E-state index contributed by atoms with van der Waals surface area (Å²) in [6.07, 6.45) is 3.50. The summed E-state index contributed by atoms with van der Waals surface area (Å²) in [5.41, 5.74) is 0.403. The lowest BCUT2D eigenvalue weighted by molar-refractivity contribution is 0.459. The summed E-state index contributed by atoms with van der Waals surface area (Å²) in [5, 5.41) is 0. The number of aromatic nitrogens is 4. The highest BCUT2D eigenvalue weighted by atomic mass is 35.5. The number of hydrogen-bond acceptors (Lipinski definition) is 7. The first-order valence-electron chi connectivity index (χ1n) is 8.72. The number of aryl methyl sites for hydroxylation is 2. The number of nitrogens with zero attached hydrogens (tertiary/aromatic N) is 4. The molecule has 3 aromatic heterocycles. The molecule has 0 amide bonds. The minimum atomic E-state index is -3.69. The van der Waals surface area contributed by atoms with Crippen molar-refractivity contribution in [1.29, 1.82) is 0 Å². The second kappa shape index (κ2) is 8.05. The number of hydrogen-bond donors (Lipinski definition) is 1. The fraction of sp³-hybridized carbons (Fsp3) is 0.105. The van der Waals surface area contributed by atoms with Crippen LogP contribution in [0.5, 0.6) is 11.6 Å². The van der Waals surface area contributed by atoms with Crippen molar-refractivity contribution in [3.63, 3.8) is 0 Å². The average molecular weight is 462 g/mol. The van der Waals surface area contributed by atoms with Crippen LogP contribution in [0.15, 0.2) is 59.1 Å². The highest BCUT2D eigenvalue weighted by molar-refractivity contribution is 7.94. The largest absolute Gasteiger partial charge is 0.439 e. The Bertz CT molecular complexity index is 1300. The molecule has 0 atom stereocenters. The summed E-state index contributed by atoms with van der Waals surface area (Å²) >= 11 is 6.82. The van der Waals surface area contributed by atoms with Gasteiger partial charge in [0.2, 0.25) is 5.88 Å². The van der Waals surface area contributed by atoms with E-state index in [2.05, 4.69) is 19.7 Å². The van der Waals surface area contributed by atoms with Crippen molar-refractivity contribution < 1.29 is 13.2 Å². The first kappa shape index (κ1) is 20.3. The number of thiophene rings is 1. The van der Waals surface area contributed by atoms with Crippen molar-refractivity contribution in [3.05, 3.63) is 70.8 Å². The molecular formula is C19H16ClN5O3S2. The van der Waals surface area contributed by atoms with Gasteiger partial charge in [-0.3, -0.25) is 9.29 Å². The van der Waals surface area contributed by atoms with Crippen molar-refractivity contribution in [1.82, 2.24) is 19.5 Å². The number of sulfonamides is 1. The van der Waals surface area contributed by atoms with Crippen LogP contribution in [0, 0.1) is 13.8 Å². The van der Waals surface area contributed by atoms with Crippen LogP contribution in [0.25, 0.3) is 5.82 Å². The Hall–Kier alpha value is -2.95. The van der Waals surface area contributed by atoms with Crippen LogP contribution < -0.4 is 9.46 Å². The molecule has 30 heavy (non-hydrogen) atoms. The zero-order chi connectivity index (χ0) is 21.3. The summed E-state index contributed by atoms with van der Waals surface area (Å²) in [7, 11) is -3.69. The Kier molecular flexibility index (Phi) is 5.46. The Balaban J connectivity index is 1.52. The summed E-state index contributed by atoms with van der Waals surface area (Å²) in [5.74, 6) is 2.86. The Labute approximate surface area is 182 Å². The highest BCUT2D eigenvalue weighted by Crippen LogP contribution is 2.28. The van der Waals surface area contributed by atoms with Crippen LogP contribution in [0.4, 0.5) is 5.69 Å². The van der Waals surface area contributed by atoms with Gasteiger partial charge in [0.25, 0.3) is 10.0 Å². The molecule has 3 heterocycles. The molecule has 11 heteroatoms. The Morgan fingerprint density at radius 3 is 2.50 bits per heavy atom. The molecule has 0 spiro atoms. The van der Waals surface area contributed by atoms with E-state index in [4.69, 9.17) is 16.3 Å². The number of rotatable bonds is 6. The fourth-order valence-corrected chi connectivity index (χ4v) is 5.22. The van der Waals surface area contributed by atoms with Crippen LogP contribution in [0.1, 0.15) is 11.6 Å². The lowest BCUT2D eigenvalue weighted by atomic mass is 10.3. The molecule has 0 fully saturated rings. The molecule has 1 aromatic carbocycles. The normalized spacial score (nSPS) is 11.4. The van der Waals surface area contributed by atoms with Crippen molar-refractivity contribution in [2.45, 2.75) is 18.1 Å². The lowest BCUT2D eigenvalue weighted by Gasteiger charge is -2.10. The molecule has 154 valence electrons. The molecule has 0 saturated carbocycles. The number of anilines is 1. The summed E-state index contributed by atoms with van der Waals surface area (Å²) in [4.78, 5) is 12.9. The van der Waals surface area contributed by atoms with Crippen molar-refractivity contribution in [3.8, 4) is 17.4 Å². The Morgan fingerprint density at radius 1 is 1.10 bits per heavy atom. The zero-order valence-electron chi connectivity index (χ0n) is 15.9. The van der Waals surface area contributed by atoms with Gasteiger partial charge in [-0.25, -0.2) is 18.4 Å². The van der Waals surface area contributed by atoms with E-state index in [1.54, 1.807) is 49.5 Å². The van der Waals surface area contributed by atoms with Gasteiger partial charge >= 0.3 is 0 Å². The van der Waals surface area contributed by atoms with Gasteiger partial charge in [-0.05, 0) is 50.2 Å². The van der Waals surface area contributed by atoms with Crippen LogP contribution in [0.3, 0.4) is 0 Å². The second-order valence-electron chi connectivity index (χ2n) is 6.25. The van der Waals surface area contributed by atoms with Gasteiger partial charge in [-0.15, -0.1) is 11.3 Å². The van der Waals surface area contributed by atoms with Gasteiger partial charge in [-0.1, -0.05) is 11.6 Å². The van der Waals surface area contributed by atoms with Crippen molar-refractivity contribution >= 4 is 38.6 Å². The molecule has 4 aromatic rings. The number of nitrogens with one attached hydrogen (secondary N) is 1. The number of halogens is 1. The van der Waals surface area contributed by atoms with Gasteiger partial charge < -0.3 is 4.74 Å². The van der Waals surface area contributed by atoms with E-state index in [1.807, 2.05) is 17.7 Å². The Morgan fingerprint density at radius 2 is 1.87 bits per heavy atom. The van der Waals surface area contributed by atoms with Crippen LogP contribution >= 0.6 is 22.9 Å². The van der Waals surface area contributed by atoms with Crippen LogP contribution in [-0.4, -0.2) is 27.9 Å². The minimum absolute atomic E-state index is 0.145. The fourth-order valence-electron chi connectivity index (χ4n) is 2.68. The van der Waals surface area contributed by atoms with Crippen LogP contribution in [-0.2, 0) is 10.0 Å². The molecular weight excluding hydrogens is 446 g/mol. The predicted octanol–water partition coefficient (Wildman–Crippen LogP) is 4.59. The monoisotopic (exact) mass is 461 g/mol. The van der Waals surface area contributed by atoms with E-state index in [0.717, 1.165) is 17.2 Å². The number of ether oxygens (including phenoxy) is 1. The maximum atomic E-state index is 12.4. The molecule has 1 N–H and O–H groups in total. The van der Waals surface area contributed by atoms with Crippen LogP contribution in [0.2, 0.25) is 4.34 Å². The van der Waals surface area contributed by atoms with Crippen molar-refractivity contribution in [2.75, 3.05) is 4.72 Å². The standard InChI is InChI=1S/C19H16ClN5O3S2/c1-12-22-17(25-10-9-21-13(25)2)11-18(23-12)28-15-5-3-14(4-6-15)24-30(26,27)19-8-7-16(20)29-19/h3-11,24H,1-2H3. The predicted molar refractivity (Wildman–Crippen MR) is 115 cm³/mol. The van der Waals surface area contributed by atoms with Gasteiger partial charge in [-0.2, -0.15) is 4.98 Å². The maximum Gasteiger partial charge on any atom is 0.271 e. The lowest BCUT2D eigenvalue weighted by Crippen LogP contribution is -2.11. The van der Waals surface area contributed by atoms with E-state index < -0.39 is 10.0 Å². The van der Waals surface area contributed by atoms with E-state index >= 15 is 0 Å². The topological polar surface area (TPSA) is 99.0 Å². The van der Waals surface area contributed by atoms with Gasteiger partial charge in [0, 0.05) is 24.1 Å². The van der Waals surface area contributed by atoms with Gasteiger partial charge in [0.05, 0.1) is 4.34 Å². The molecule has 4 rings (SSSR count). The summed E-state index contributed by atoms with van der Waals surface area (Å²) < 4.78 is 35.5. The number of imidazole rings is 1. The van der Waals surface area contributed by atoms with E-state index in [0.29, 0.717) is 33.3 Å². The summed E-state index contributed by atoms with van der Waals surface area (Å²) in [6.45, 7) is 3.65. The third kappa shape index (κ3) is 4.45. The molecule has 0 bridgehead atoms. The smallest absolute Gasteiger partial charge is 0.271 e. The average Bonchev–Trinajstić information content (AvgIpc) is 3.31. The maximum absolute atomic E-state index is 12.4. The summed E-state index contributed by atoms with van der Waals surface area (Å²) in [6, 6.07) is 11.2. The number of benzene rings is 1. The van der Waals surface area contributed by atoms with E-state index in [1.165, 1.54) is 6.07 Å². The molecule has 0 saturated heterocycles. The van der Waals surface area contributed by atoms with Gasteiger partial charge in [0.1, 0.15) is 27.4 Å². The van der Waals surface area contributed by atoms with E-state index in [9.17, 15) is 8.42 Å². The molecule has 0 radical (unpaired) electrons. The first-order valence-corrected chi connectivity index (χ1v) is 11.4. The zero-order valence-corrected chi connectivity index (χ0v) is 18.3. The van der Waals surface area contributed by atoms with Gasteiger partial charge in [0.15, 0.2) is 0 Å². The molecule has 0 aliphatic carbocycles. The molecule has 0 unspecified atom stereocenters. The molecule has 8 nitrogen and oxygen atoms in total. The first-order chi connectivity index (χ1) is 14.3. The van der Waals surface area contributed by atoms with E-state index in [-0.39, 0.29) is 4.21 Å². The van der Waals surface area contributed by atoms with Crippen molar-refractivity contribution in [2.24, 2.45) is 0 Å². The SMILES string of the molecule is Cc1nc(Oc2ccc(NS(=O)(=O)c3ccc(Cl)s3)cc2)cc(-n2ccnc2C)n1. The quantitative estimate of drug-likeness (QED) is 0.451. The highest BCUT2D eigenvalue weighted by Gasteiger charge is 2.17. The minimum Gasteiger partial charge on any atom is -0.439 e. The molecule has 0 aliphatic heterocycles. The third-order valence-corrected chi connectivity index (χ3v) is 7.12. The third-order valence-electron chi connectivity index (χ3n) is 4.02. The second-order valence-corrected chi connectivity index (χ2v) is 9.87.